The smallest absolute Gasteiger partial charge is 0.275 e. The molecule has 0 aromatic heterocycles. The fourth-order valence-corrected chi connectivity index (χ4v) is 2.50. The molecule has 1 aliphatic rings. The average Bonchev–Trinajstić information content (AvgIpc) is 2.93. The standard InChI is InChI=1S/C17H22N2O5/c1-3-9-17(16(21)19-22)12(2)24-15(18-17)13-5-7-14(8-6-13)23-11-4-10-20/h3,5-8,12,20,22H,1,4,9-11H2,2H3,(H,19,21)/t12-,17-/m0/s1. The van der Waals surface area contributed by atoms with E-state index in [0.29, 0.717) is 30.2 Å². The summed E-state index contributed by atoms with van der Waals surface area (Å²) in [5.74, 6) is 0.369. The summed E-state index contributed by atoms with van der Waals surface area (Å²) in [6, 6.07) is 7.09. The minimum absolute atomic E-state index is 0.0823. The Morgan fingerprint density at radius 2 is 2.21 bits per heavy atom. The first kappa shape index (κ1) is 18.0. The van der Waals surface area contributed by atoms with Crippen molar-refractivity contribution in [3.8, 4) is 5.75 Å². The van der Waals surface area contributed by atoms with Gasteiger partial charge in [-0.3, -0.25) is 10.0 Å². The number of rotatable bonds is 8. The summed E-state index contributed by atoms with van der Waals surface area (Å²) in [5.41, 5.74) is 1.13. The molecule has 0 spiro atoms. The summed E-state index contributed by atoms with van der Waals surface area (Å²) >= 11 is 0. The SMILES string of the molecule is C=CC[C@]1(C(=O)NO)N=C(c2ccc(OCCCO)cc2)O[C@H]1C. The highest BCUT2D eigenvalue weighted by Gasteiger charge is 2.49. The normalized spacial score (nSPS) is 22.5. The molecule has 24 heavy (non-hydrogen) atoms. The van der Waals surface area contributed by atoms with Gasteiger partial charge in [0, 0.05) is 25.0 Å². The first-order chi connectivity index (χ1) is 11.6. The quantitative estimate of drug-likeness (QED) is 0.289. The van der Waals surface area contributed by atoms with Gasteiger partial charge in [0.25, 0.3) is 5.91 Å². The van der Waals surface area contributed by atoms with Gasteiger partial charge in [0.05, 0.1) is 6.61 Å². The Bertz CT molecular complexity index is 614. The molecule has 1 aromatic carbocycles. The number of nitrogens with one attached hydrogen (secondary N) is 1. The van der Waals surface area contributed by atoms with Gasteiger partial charge in [-0.1, -0.05) is 6.08 Å². The Hall–Kier alpha value is -2.38. The average molecular weight is 334 g/mol. The maximum atomic E-state index is 12.1. The molecular formula is C17H22N2O5. The third-order valence-corrected chi connectivity index (χ3v) is 3.88. The van der Waals surface area contributed by atoms with E-state index in [2.05, 4.69) is 11.6 Å². The number of ether oxygens (including phenoxy) is 2. The molecule has 0 saturated carbocycles. The number of amides is 1. The molecule has 0 unspecified atom stereocenters. The monoisotopic (exact) mass is 334 g/mol. The van der Waals surface area contributed by atoms with Crippen molar-refractivity contribution in [2.45, 2.75) is 31.4 Å². The van der Waals surface area contributed by atoms with Crippen LogP contribution in [0.1, 0.15) is 25.3 Å². The van der Waals surface area contributed by atoms with E-state index in [0.717, 1.165) is 0 Å². The number of hydrogen-bond acceptors (Lipinski definition) is 6. The fourth-order valence-electron chi connectivity index (χ4n) is 2.50. The molecule has 7 nitrogen and oxygen atoms in total. The maximum Gasteiger partial charge on any atom is 0.275 e. The zero-order valence-electron chi connectivity index (χ0n) is 13.6. The van der Waals surface area contributed by atoms with Gasteiger partial charge in [0.1, 0.15) is 11.9 Å². The predicted molar refractivity (Wildman–Crippen MR) is 88.2 cm³/mol. The molecule has 3 N–H and O–H groups in total. The number of carbonyl (C=O) groups is 1. The lowest BCUT2D eigenvalue weighted by atomic mass is 9.90. The van der Waals surface area contributed by atoms with E-state index >= 15 is 0 Å². The zero-order chi connectivity index (χ0) is 17.6. The van der Waals surface area contributed by atoms with Crippen LogP contribution >= 0.6 is 0 Å². The first-order valence-corrected chi connectivity index (χ1v) is 7.73. The summed E-state index contributed by atoms with van der Waals surface area (Å²) in [4.78, 5) is 16.5. The van der Waals surface area contributed by atoms with Gasteiger partial charge in [-0.05, 0) is 31.2 Å². The van der Waals surface area contributed by atoms with E-state index in [1.165, 1.54) is 0 Å². The Morgan fingerprint density at radius 1 is 1.50 bits per heavy atom. The van der Waals surface area contributed by atoms with E-state index in [-0.39, 0.29) is 13.0 Å². The van der Waals surface area contributed by atoms with Crippen LogP contribution in [0.2, 0.25) is 0 Å². The molecule has 1 heterocycles. The molecule has 0 radical (unpaired) electrons. The molecule has 0 bridgehead atoms. The van der Waals surface area contributed by atoms with Crippen LogP contribution in [0.15, 0.2) is 41.9 Å². The minimum Gasteiger partial charge on any atom is -0.494 e. The third-order valence-electron chi connectivity index (χ3n) is 3.88. The highest BCUT2D eigenvalue weighted by atomic mass is 16.5. The van der Waals surface area contributed by atoms with Gasteiger partial charge in [-0.25, -0.2) is 10.5 Å². The lowest BCUT2D eigenvalue weighted by molar-refractivity contribution is -0.136. The highest BCUT2D eigenvalue weighted by Crippen LogP contribution is 2.32. The number of benzene rings is 1. The van der Waals surface area contributed by atoms with Crippen LogP contribution in [0.25, 0.3) is 0 Å². The van der Waals surface area contributed by atoms with E-state index in [1.807, 2.05) is 0 Å². The van der Waals surface area contributed by atoms with Crippen molar-refractivity contribution in [3.63, 3.8) is 0 Å². The van der Waals surface area contributed by atoms with Crippen LogP contribution in [0, 0.1) is 0 Å². The van der Waals surface area contributed by atoms with Crippen LogP contribution in [0.5, 0.6) is 5.75 Å². The minimum atomic E-state index is -1.23. The lowest BCUT2D eigenvalue weighted by Gasteiger charge is -2.25. The van der Waals surface area contributed by atoms with Crippen molar-refractivity contribution in [1.82, 2.24) is 5.48 Å². The summed E-state index contributed by atoms with van der Waals surface area (Å²) in [5, 5.41) is 17.8. The molecule has 0 fully saturated rings. The van der Waals surface area contributed by atoms with Crippen molar-refractivity contribution in [2.75, 3.05) is 13.2 Å². The first-order valence-electron chi connectivity index (χ1n) is 7.73. The van der Waals surface area contributed by atoms with Crippen LogP contribution < -0.4 is 10.2 Å². The van der Waals surface area contributed by atoms with Gasteiger partial charge in [0.15, 0.2) is 5.54 Å². The molecule has 1 aromatic rings. The number of carbonyl (C=O) groups excluding carboxylic acids is 1. The Labute approximate surface area is 140 Å². The van der Waals surface area contributed by atoms with Crippen molar-refractivity contribution >= 4 is 11.8 Å². The second-order valence-corrected chi connectivity index (χ2v) is 5.49. The van der Waals surface area contributed by atoms with E-state index in [4.69, 9.17) is 19.8 Å². The van der Waals surface area contributed by atoms with E-state index in [1.54, 1.807) is 42.7 Å². The van der Waals surface area contributed by atoms with Crippen molar-refractivity contribution < 1.29 is 24.6 Å². The van der Waals surface area contributed by atoms with E-state index in [9.17, 15) is 4.79 Å². The fraction of sp³-hybridized carbons (Fsp3) is 0.412. The van der Waals surface area contributed by atoms with Crippen LogP contribution in [-0.2, 0) is 9.53 Å². The Morgan fingerprint density at radius 3 is 2.79 bits per heavy atom. The molecule has 7 heteroatoms. The van der Waals surface area contributed by atoms with Crippen LogP contribution in [0.4, 0.5) is 0 Å². The van der Waals surface area contributed by atoms with Gasteiger partial charge in [-0.2, -0.15) is 0 Å². The van der Waals surface area contributed by atoms with Crippen molar-refractivity contribution in [3.05, 3.63) is 42.5 Å². The maximum absolute atomic E-state index is 12.1. The Kier molecular flexibility index (Phi) is 5.94. The predicted octanol–water partition coefficient (Wildman–Crippen LogP) is 1.43. The summed E-state index contributed by atoms with van der Waals surface area (Å²) < 4.78 is 11.2. The second kappa shape index (κ2) is 7.94. The number of aliphatic imine (C=N–C) groups is 1. The summed E-state index contributed by atoms with van der Waals surface area (Å²) in [7, 11) is 0. The number of aliphatic hydroxyl groups excluding tert-OH is 1. The molecule has 2 atom stereocenters. The van der Waals surface area contributed by atoms with Crippen molar-refractivity contribution in [2.24, 2.45) is 4.99 Å². The summed E-state index contributed by atoms with van der Waals surface area (Å²) in [6.45, 7) is 5.88. The molecule has 2 rings (SSSR count). The van der Waals surface area contributed by atoms with Gasteiger partial charge >= 0.3 is 0 Å². The Balaban J connectivity index is 2.20. The summed E-state index contributed by atoms with van der Waals surface area (Å²) in [6.07, 6.45) is 1.83. The number of nitrogens with zero attached hydrogens (tertiary/aromatic N) is 1. The zero-order valence-corrected chi connectivity index (χ0v) is 13.6. The van der Waals surface area contributed by atoms with Gasteiger partial charge in [0.2, 0.25) is 5.90 Å². The lowest BCUT2D eigenvalue weighted by Crippen LogP contribution is -2.49. The number of aliphatic hydroxyl groups is 1. The molecule has 0 aliphatic carbocycles. The molecule has 1 aliphatic heterocycles. The second-order valence-electron chi connectivity index (χ2n) is 5.49. The van der Waals surface area contributed by atoms with Gasteiger partial charge in [-0.15, -0.1) is 6.58 Å². The van der Waals surface area contributed by atoms with Crippen molar-refractivity contribution in [1.29, 1.82) is 0 Å². The largest absolute Gasteiger partial charge is 0.494 e. The van der Waals surface area contributed by atoms with Crippen LogP contribution in [0.3, 0.4) is 0 Å². The molecule has 0 saturated heterocycles. The van der Waals surface area contributed by atoms with Crippen LogP contribution in [-0.4, -0.2) is 47.0 Å². The molecule has 1 amide bonds. The third kappa shape index (κ3) is 3.58. The topological polar surface area (TPSA) is 100 Å². The highest BCUT2D eigenvalue weighted by molar-refractivity contribution is 6.00. The molecule has 130 valence electrons. The van der Waals surface area contributed by atoms with Gasteiger partial charge < -0.3 is 14.6 Å². The number of hydrogen-bond donors (Lipinski definition) is 3. The number of hydroxylamine groups is 1. The van der Waals surface area contributed by atoms with E-state index < -0.39 is 17.6 Å². The molecular weight excluding hydrogens is 312 g/mol.